The van der Waals surface area contributed by atoms with Crippen LogP contribution in [0.3, 0.4) is 0 Å². The molecule has 0 saturated heterocycles. The van der Waals surface area contributed by atoms with E-state index in [9.17, 15) is 18.0 Å². The topological polar surface area (TPSA) is 68.0 Å². The van der Waals surface area contributed by atoms with Crippen molar-refractivity contribution in [3.8, 4) is 11.4 Å². The number of amides is 1. The maximum atomic E-state index is 12.8. The predicted molar refractivity (Wildman–Crippen MR) is 106 cm³/mol. The quantitative estimate of drug-likeness (QED) is 0.519. The van der Waals surface area contributed by atoms with E-state index >= 15 is 0 Å². The zero-order valence-corrected chi connectivity index (χ0v) is 17.0. The molecule has 2 aromatic carbocycles. The van der Waals surface area contributed by atoms with Crippen LogP contribution in [0.15, 0.2) is 53.1 Å². The minimum Gasteiger partial charge on any atom is -0.340 e. The Morgan fingerprint density at radius 1 is 1.17 bits per heavy atom. The van der Waals surface area contributed by atoms with Crippen LogP contribution in [0.1, 0.15) is 48.1 Å². The van der Waals surface area contributed by atoms with Crippen molar-refractivity contribution in [1.29, 1.82) is 0 Å². The molecule has 0 radical (unpaired) electrons. The van der Waals surface area contributed by atoms with Crippen molar-refractivity contribution in [2.45, 2.75) is 32.5 Å². The fourth-order valence-corrected chi connectivity index (χ4v) is 3.06. The second kappa shape index (κ2) is 8.87. The molecular weight excluding hydrogens is 419 g/mol. The van der Waals surface area contributed by atoms with Crippen molar-refractivity contribution < 1.29 is 22.5 Å². The number of rotatable bonds is 6. The Labute approximate surface area is 176 Å². The molecule has 0 spiro atoms. The van der Waals surface area contributed by atoms with Crippen molar-refractivity contribution >= 4 is 17.5 Å². The number of hydrogen-bond donors (Lipinski definition) is 1. The van der Waals surface area contributed by atoms with Gasteiger partial charge in [0.25, 0.3) is 5.91 Å². The molecule has 9 heteroatoms. The number of hydrogen-bond acceptors (Lipinski definition) is 4. The maximum Gasteiger partial charge on any atom is 0.416 e. The molecule has 1 aromatic heterocycles. The highest BCUT2D eigenvalue weighted by atomic mass is 35.5. The number of alkyl halides is 3. The average Bonchev–Trinajstić information content (AvgIpc) is 3.21. The van der Waals surface area contributed by atoms with Gasteiger partial charge in [0.15, 0.2) is 0 Å². The van der Waals surface area contributed by atoms with E-state index in [1.807, 2.05) is 13.8 Å². The second-order valence-corrected chi connectivity index (χ2v) is 7.26. The minimum absolute atomic E-state index is 0.0441. The van der Waals surface area contributed by atoms with Crippen LogP contribution in [0, 0.1) is 5.92 Å². The Kier molecular flexibility index (Phi) is 6.45. The third-order valence-electron chi connectivity index (χ3n) is 4.80. The summed E-state index contributed by atoms with van der Waals surface area (Å²) in [6.07, 6.45) is -3.71. The van der Waals surface area contributed by atoms with Crippen molar-refractivity contribution in [2.24, 2.45) is 5.92 Å². The first kappa shape index (κ1) is 21.8. The largest absolute Gasteiger partial charge is 0.416 e. The zero-order valence-electron chi connectivity index (χ0n) is 16.2. The molecule has 3 aromatic rings. The molecule has 2 atom stereocenters. The monoisotopic (exact) mass is 437 g/mol. The Morgan fingerprint density at radius 3 is 2.43 bits per heavy atom. The summed E-state index contributed by atoms with van der Waals surface area (Å²) in [6, 6.07) is 10.5. The van der Waals surface area contributed by atoms with Crippen LogP contribution in [-0.2, 0) is 6.18 Å². The van der Waals surface area contributed by atoms with Gasteiger partial charge in [-0.1, -0.05) is 61.3 Å². The lowest BCUT2D eigenvalue weighted by molar-refractivity contribution is -0.137. The number of carbonyl (C=O) groups excluding carboxylic acids is 1. The standard InChI is InChI=1S/C21H19ClF3N3O2/c1-3-12(2)17(26-19(29)15-6-4-5-7-16(15)22)20-27-18(28-30-20)13-8-10-14(11-9-13)21(23,24)25/h4-12,17H,3H2,1-2H3,(H,26,29)/t12-,17-/m1/s1. The first-order valence-corrected chi connectivity index (χ1v) is 9.65. The van der Waals surface area contributed by atoms with Crippen LogP contribution in [0.25, 0.3) is 11.4 Å². The number of nitrogens with zero attached hydrogens (tertiary/aromatic N) is 2. The van der Waals surface area contributed by atoms with Gasteiger partial charge in [-0.05, 0) is 30.2 Å². The molecule has 0 bridgehead atoms. The summed E-state index contributed by atoms with van der Waals surface area (Å²) >= 11 is 6.10. The molecule has 0 saturated carbocycles. The van der Waals surface area contributed by atoms with Gasteiger partial charge in [-0.15, -0.1) is 0 Å². The summed E-state index contributed by atoms with van der Waals surface area (Å²) in [6.45, 7) is 3.87. The molecular formula is C21H19ClF3N3O2. The van der Waals surface area contributed by atoms with Gasteiger partial charge in [0.05, 0.1) is 16.1 Å². The summed E-state index contributed by atoms with van der Waals surface area (Å²) < 4.78 is 43.6. The summed E-state index contributed by atoms with van der Waals surface area (Å²) in [5.74, 6) is -0.129. The van der Waals surface area contributed by atoms with Crippen molar-refractivity contribution in [3.05, 3.63) is 70.6 Å². The first-order chi connectivity index (χ1) is 14.2. The van der Waals surface area contributed by atoms with Crippen LogP contribution < -0.4 is 5.32 Å². The highest BCUT2D eigenvalue weighted by molar-refractivity contribution is 6.33. The van der Waals surface area contributed by atoms with E-state index in [2.05, 4.69) is 15.5 Å². The Morgan fingerprint density at radius 2 is 1.83 bits per heavy atom. The van der Waals surface area contributed by atoms with E-state index in [1.54, 1.807) is 24.3 Å². The normalized spacial score (nSPS) is 13.7. The maximum absolute atomic E-state index is 12.8. The molecule has 1 amide bonds. The van der Waals surface area contributed by atoms with Crippen LogP contribution >= 0.6 is 11.6 Å². The SMILES string of the molecule is CC[C@@H](C)[C@@H](NC(=O)c1ccccc1Cl)c1nc(-c2ccc(C(F)(F)F)cc2)no1. The van der Waals surface area contributed by atoms with E-state index in [0.717, 1.165) is 12.1 Å². The summed E-state index contributed by atoms with van der Waals surface area (Å²) in [7, 11) is 0. The van der Waals surface area contributed by atoms with Crippen molar-refractivity contribution in [1.82, 2.24) is 15.5 Å². The fraction of sp³-hybridized carbons (Fsp3) is 0.286. The highest BCUT2D eigenvalue weighted by Crippen LogP contribution is 2.31. The predicted octanol–water partition coefficient (Wildman–Crippen LogP) is 5.93. The van der Waals surface area contributed by atoms with E-state index < -0.39 is 17.8 Å². The fourth-order valence-electron chi connectivity index (χ4n) is 2.83. The summed E-state index contributed by atoms with van der Waals surface area (Å²) in [5.41, 5.74) is -0.0762. The van der Waals surface area contributed by atoms with Gasteiger partial charge in [0, 0.05) is 5.56 Å². The van der Waals surface area contributed by atoms with E-state index in [0.29, 0.717) is 22.6 Å². The van der Waals surface area contributed by atoms with E-state index in [4.69, 9.17) is 16.1 Å². The zero-order chi connectivity index (χ0) is 21.9. The molecule has 3 rings (SSSR count). The Hall–Kier alpha value is -2.87. The van der Waals surface area contributed by atoms with Gasteiger partial charge in [-0.3, -0.25) is 4.79 Å². The van der Waals surface area contributed by atoms with Gasteiger partial charge < -0.3 is 9.84 Å². The number of aromatic nitrogens is 2. The van der Waals surface area contributed by atoms with Gasteiger partial charge in [0.2, 0.25) is 11.7 Å². The molecule has 0 aliphatic carbocycles. The lowest BCUT2D eigenvalue weighted by atomic mass is 9.98. The number of carbonyl (C=O) groups is 1. The molecule has 0 aliphatic heterocycles. The molecule has 1 heterocycles. The van der Waals surface area contributed by atoms with Gasteiger partial charge >= 0.3 is 6.18 Å². The van der Waals surface area contributed by atoms with E-state index in [1.165, 1.54) is 12.1 Å². The first-order valence-electron chi connectivity index (χ1n) is 9.27. The number of nitrogens with one attached hydrogen (secondary N) is 1. The molecule has 0 unspecified atom stereocenters. The van der Waals surface area contributed by atoms with Gasteiger partial charge in [-0.25, -0.2) is 0 Å². The third-order valence-corrected chi connectivity index (χ3v) is 5.13. The highest BCUT2D eigenvalue weighted by Gasteiger charge is 2.31. The lowest BCUT2D eigenvalue weighted by Crippen LogP contribution is -2.33. The Balaban J connectivity index is 1.85. The van der Waals surface area contributed by atoms with E-state index in [-0.39, 0.29) is 23.5 Å². The molecule has 5 nitrogen and oxygen atoms in total. The Bertz CT molecular complexity index is 1020. The second-order valence-electron chi connectivity index (χ2n) is 6.85. The van der Waals surface area contributed by atoms with Gasteiger partial charge in [0.1, 0.15) is 6.04 Å². The molecule has 158 valence electrons. The van der Waals surface area contributed by atoms with Crippen LogP contribution in [-0.4, -0.2) is 16.0 Å². The molecule has 30 heavy (non-hydrogen) atoms. The molecule has 0 fully saturated rings. The minimum atomic E-state index is -4.43. The van der Waals surface area contributed by atoms with Crippen molar-refractivity contribution in [3.63, 3.8) is 0 Å². The smallest absolute Gasteiger partial charge is 0.340 e. The molecule has 1 N–H and O–H groups in total. The number of halogens is 4. The van der Waals surface area contributed by atoms with Crippen LogP contribution in [0.5, 0.6) is 0 Å². The van der Waals surface area contributed by atoms with Crippen LogP contribution in [0.4, 0.5) is 13.2 Å². The van der Waals surface area contributed by atoms with Crippen LogP contribution in [0.2, 0.25) is 5.02 Å². The number of benzene rings is 2. The third kappa shape index (κ3) is 4.81. The van der Waals surface area contributed by atoms with Gasteiger partial charge in [-0.2, -0.15) is 18.2 Å². The van der Waals surface area contributed by atoms with Crippen molar-refractivity contribution in [2.75, 3.05) is 0 Å². The summed E-state index contributed by atoms with van der Waals surface area (Å²) in [5, 5.41) is 7.05. The summed E-state index contributed by atoms with van der Waals surface area (Å²) in [4.78, 5) is 17.0. The lowest BCUT2D eigenvalue weighted by Gasteiger charge is -2.21. The average molecular weight is 438 g/mol. The molecule has 0 aliphatic rings.